The van der Waals surface area contributed by atoms with Crippen molar-refractivity contribution < 1.29 is 0 Å². The van der Waals surface area contributed by atoms with Crippen LogP contribution in [0, 0.1) is 5.92 Å². The normalized spacial score (nSPS) is 19.6. The van der Waals surface area contributed by atoms with E-state index in [0.717, 1.165) is 17.7 Å². The second-order valence-corrected chi connectivity index (χ2v) is 4.53. The lowest BCUT2D eigenvalue weighted by Crippen LogP contribution is -2.12. The maximum absolute atomic E-state index is 4.42. The highest BCUT2D eigenvalue weighted by Gasteiger charge is 2.18. The van der Waals surface area contributed by atoms with Crippen molar-refractivity contribution in [3.63, 3.8) is 0 Å². The molecule has 0 heterocycles. The van der Waals surface area contributed by atoms with Crippen molar-refractivity contribution in [1.29, 1.82) is 0 Å². The van der Waals surface area contributed by atoms with E-state index in [4.69, 9.17) is 0 Å². The van der Waals surface area contributed by atoms with Crippen LogP contribution in [0.2, 0.25) is 0 Å². The minimum absolute atomic E-state index is 0.484. The molecular formula is C16H21N. The van der Waals surface area contributed by atoms with Crippen molar-refractivity contribution in [3.05, 3.63) is 60.4 Å². The zero-order valence-corrected chi connectivity index (χ0v) is 11.0. The monoisotopic (exact) mass is 227 g/mol. The highest BCUT2D eigenvalue weighted by Crippen LogP contribution is 2.30. The van der Waals surface area contributed by atoms with E-state index < -0.39 is 0 Å². The lowest BCUT2D eigenvalue weighted by molar-refractivity contribution is 0.724. The van der Waals surface area contributed by atoms with Crippen LogP contribution in [0.1, 0.15) is 27.2 Å². The molecule has 1 aliphatic rings. The fraction of sp³-hybridized carbons (Fsp3) is 0.312. The summed E-state index contributed by atoms with van der Waals surface area (Å²) in [5, 5.41) is 0. The van der Waals surface area contributed by atoms with Crippen molar-refractivity contribution >= 4 is 5.71 Å². The van der Waals surface area contributed by atoms with Gasteiger partial charge in [-0.2, -0.15) is 0 Å². The summed E-state index contributed by atoms with van der Waals surface area (Å²) in [6, 6.07) is 0. The molecule has 0 radical (unpaired) electrons. The molecule has 1 rings (SSSR count). The fourth-order valence-corrected chi connectivity index (χ4v) is 1.59. The third-order valence-corrected chi connectivity index (χ3v) is 2.76. The fourth-order valence-electron chi connectivity index (χ4n) is 1.59. The molecule has 0 amide bonds. The molecule has 0 aromatic carbocycles. The minimum atomic E-state index is 0.484. The molecule has 1 heteroatoms. The SMILES string of the molecule is C=C/C=C(\C(=C)C(C)=NC=C(C)C)C1C=CC1. The van der Waals surface area contributed by atoms with Crippen LogP contribution >= 0.6 is 0 Å². The lowest BCUT2D eigenvalue weighted by Gasteiger charge is -2.23. The molecule has 0 fully saturated rings. The third-order valence-electron chi connectivity index (χ3n) is 2.76. The summed E-state index contributed by atoms with van der Waals surface area (Å²) in [4.78, 5) is 4.42. The zero-order valence-electron chi connectivity index (χ0n) is 11.0. The van der Waals surface area contributed by atoms with Gasteiger partial charge in [-0.25, -0.2) is 0 Å². The van der Waals surface area contributed by atoms with Gasteiger partial charge in [0.1, 0.15) is 0 Å². The first-order valence-electron chi connectivity index (χ1n) is 5.93. The number of rotatable bonds is 5. The smallest absolute Gasteiger partial charge is 0.0441 e. The molecule has 90 valence electrons. The van der Waals surface area contributed by atoms with Crippen LogP contribution in [-0.4, -0.2) is 5.71 Å². The summed E-state index contributed by atoms with van der Waals surface area (Å²) in [5.74, 6) is 0.484. The van der Waals surface area contributed by atoms with Gasteiger partial charge in [-0.1, -0.05) is 43.0 Å². The number of aliphatic imine (C=N–C) groups is 1. The number of allylic oxidation sites excluding steroid dienone is 7. The second kappa shape index (κ2) is 6.19. The summed E-state index contributed by atoms with van der Waals surface area (Å²) in [6.07, 6.45) is 11.2. The van der Waals surface area contributed by atoms with Crippen molar-refractivity contribution in [3.8, 4) is 0 Å². The van der Waals surface area contributed by atoms with E-state index in [9.17, 15) is 0 Å². The predicted octanol–water partition coefficient (Wildman–Crippen LogP) is 4.62. The third kappa shape index (κ3) is 3.70. The summed E-state index contributed by atoms with van der Waals surface area (Å²) in [6.45, 7) is 14.0. The molecule has 0 saturated carbocycles. The van der Waals surface area contributed by atoms with Crippen LogP contribution in [0.4, 0.5) is 0 Å². The average molecular weight is 227 g/mol. The van der Waals surface area contributed by atoms with Gasteiger partial charge in [-0.15, -0.1) is 0 Å². The van der Waals surface area contributed by atoms with E-state index in [2.05, 4.69) is 30.3 Å². The molecule has 1 nitrogen and oxygen atoms in total. The molecular weight excluding hydrogens is 206 g/mol. The van der Waals surface area contributed by atoms with E-state index in [0.29, 0.717) is 5.92 Å². The van der Waals surface area contributed by atoms with Crippen molar-refractivity contribution in [2.75, 3.05) is 0 Å². The summed E-state index contributed by atoms with van der Waals surface area (Å²) in [7, 11) is 0. The summed E-state index contributed by atoms with van der Waals surface area (Å²) >= 11 is 0. The molecule has 0 spiro atoms. The highest BCUT2D eigenvalue weighted by molar-refractivity contribution is 6.02. The van der Waals surface area contributed by atoms with Crippen LogP contribution in [0.5, 0.6) is 0 Å². The zero-order chi connectivity index (χ0) is 12.8. The molecule has 1 atom stereocenters. The Morgan fingerprint density at radius 2 is 2.00 bits per heavy atom. The Hall–Kier alpha value is -1.63. The molecule has 17 heavy (non-hydrogen) atoms. The van der Waals surface area contributed by atoms with Gasteiger partial charge in [-0.3, -0.25) is 4.99 Å². The van der Waals surface area contributed by atoms with Gasteiger partial charge in [0.2, 0.25) is 0 Å². The van der Waals surface area contributed by atoms with Gasteiger partial charge in [-0.05, 0) is 38.3 Å². The topological polar surface area (TPSA) is 12.4 Å². The Morgan fingerprint density at radius 3 is 2.41 bits per heavy atom. The van der Waals surface area contributed by atoms with Gasteiger partial charge >= 0.3 is 0 Å². The molecule has 0 aromatic heterocycles. The standard InChI is InChI=1S/C16H21N/c1-6-8-16(15-9-7-10-15)13(4)14(5)17-11-12(2)3/h6-9,11,15H,1,4,10H2,2-3,5H3/b16-8+,17-14?. The quantitative estimate of drug-likeness (QED) is 0.369. The largest absolute Gasteiger partial charge is 0.261 e. The predicted molar refractivity (Wildman–Crippen MR) is 77.2 cm³/mol. The average Bonchev–Trinajstić information content (AvgIpc) is 2.21. The van der Waals surface area contributed by atoms with E-state index in [1.54, 1.807) is 0 Å². The molecule has 1 aliphatic carbocycles. The van der Waals surface area contributed by atoms with Crippen molar-refractivity contribution in [2.45, 2.75) is 27.2 Å². The first-order valence-corrected chi connectivity index (χ1v) is 5.93. The molecule has 0 bridgehead atoms. The lowest BCUT2D eigenvalue weighted by atomic mass is 9.82. The van der Waals surface area contributed by atoms with E-state index >= 15 is 0 Å². The summed E-state index contributed by atoms with van der Waals surface area (Å²) in [5.41, 5.74) is 4.40. The van der Waals surface area contributed by atoms with Crippen LogP contribution in [-0.2, 0) is 0 Å². The Morgan fingerprint density at radius 1 is 1.35 bits per heavy atom. The molecule has 0 N–H and O–H groups in total. The first kappa shape index (κ1) is 13.4. The summed E-state index contributed by atoms with van der Waals surface area (Å²) < 4.78 is 0. The molecule has 0 aromatic rings. The van der Waals surface area contributed by atoms with Gasteiger partial charge in [0.05, 0.1) is 0 Å². The van der Waals surface area contributed by atoms with Crippen LogP contribution in [0.15, 0.2) is 65.4 Å². The van der Waals surface area contributed by atoms with E-state index in [-0.39, 0.29) is 0 Å². The second-order valence-electron chi connectivity index (χ2n) is 4.53. The molecule has 1 unspecified atom stereocenters. The first-order chi connectivity index (χ1) is 8.06. The Bertz CT molecular complexity index is 426. The van der Waals surface area contributed by atoms with Crippen LogP contribution in [0.3, 0.4) is 0 Å². The van der Waals surface area contributed by atoms with Crippen LogP contribution < -0.4 is 0 Å². The number of nitrogens with zero attached hydrogens (tertiary/aromatic N) is 1. The van der Waals surface area contributed by atoms with Crippen LogP contribution in [0.25, 0.3) is 0 Å². The van der Waals surface area contributed by atoms with Gasteiger partial charge in [0.25, 0.3) is 0 Å². The van der Waals surface area contributed by atoms with Gasteiger partial charge in [0, 0.05) is 17.8 Å². The van der Waals surface area contributed by atoms with Gasteiger partial charge in [0.15, 0.2) is 0 Å². The minimum Gasteiger partial charge on any atom is -0.261 e. The van der Waals surface area contributed by atoms with E-state index in [1.165, 1.54) is 11.1 Å². The maximum Gasteiger partial charge on any atom is 0.0441 e. The Balaban J connectivity index is 2.89. The molecule has 0 saturated heterocycles. The maximum atomic E-state index is 4.42. The van der Waals surface area contributed by atoms with Gasteiger partial charge < -0.3 is 0 Å². The molecule has 0 aliphatic heterocycles. The van der Waals surface area contributed by atoms with Crippen molar-refractivity contribution in [2.24, 2.45) is 10.9 Å². The highest BCUT2D eigenvalue weighted by atomic mass is 14.7. The number of hydrogen-bond donors (Lipinski definition) is 0. The Labute approximate surface area is 105 Å². The number of hydrogen-bond acceptors (Lipinski definition) is 1. The Kier molecular flexibility index (Phi) is 4.89. The van der Waals surface area contributed by atoms with Crippen molar-refractivity contribution in [1.82, 2.24) is 0 Å². The van der Waals surface area contributed by atoms with E-state index in [1.807, 2.05) is 39.1 Å².